The molecule has 0 spiro atoms. The molecular formula is C14H20ClNO. The van der Waals surface area contributed by atoms with Crippen molar-refractivity contribution in [3.8, 4) is 5.75 Å². The van der Waals surface area contributed by atoms with E-state index in [-0.39, 0.29) is 0 Å². The van der Waals surface area contributed by atoms with Crippen molar-refractivity contribution in [3.05, 3.63) is 28.8 Å². The molecule has 1 aromatic carbocycles. The van der Waals surface area contributed by atoms with Crippen LogP contribution in [0.4, 0.5) is 0 Å². The maximum Gasteiger partial charge on any atom is 0.137 e. The molecule has 3 heteroatoms. The summed E-state index contributed by atoms with van der Waals surface area (Å²) in [5.41, 5.74) is 1.17. The molecule has 2 rings (SSSR count). The van der Waals surface area contributed by atoms with Gasteiger partial charge >= 0.3 is 0 Å². The van der Waals surface area contributed by atoms with Crippen LogP contribution >= 0.6 is 11.6 Å². The van der Waals surface area contributed by atoms with Crippen molar-refractivity contribution in [2.24, 2.45) is 5.92 Å². The maximum absolute atomic E-state index is 6.12. The third-order valence-corrected chi connectivity index (χ3v) is 3.63. The zero-order valence-electron chi connectivity index (χ0n) is 10.3. The van der Waals surface area contributed by atoms with Crippen molar-refractivity contribution in [2.75, 3.05) is 19.7 Å². The number of ether oxygens (including phenoxy) is 1. The highest BCUT2D eigenvalue weighted by Gasteiger charge is 2.12. The highest BCUT2D eigenvalue weighted by molar-refractivity contribution is 6.32. The molecule has 0 aliphatic carbocycles. The quantitative estimate of drug-likeness (QED) is 0.888. The molecule has 0 bridgehead atoms. The largest absolute Gasteiger partial charge is 0.492 e. The number of halogens is 1. The van der Waals surface area contributed by atoms with Gasteiger partial charge in [-0.05, 0) is 62.9 Å². The topological polar surface area (TPSA) is 21.3 Å². The van der Waals surface area contributed by atoms with Crippen LogP contribution in [0, 0.1) is 12.8 Å². The van der Waals surface area contributed by atoms with E-state index in [0.717, 1.165) is 42.8 Å². The molecule has 0 atom stereocenters. The SMILES string of the molecule is Cc1ccc(OCCC2CCNCC2)c(Cl)c1. The summed E-state index contributed by atoms with van der Waals surface area (Å²) < 4.78 is 5.74. The first-order valence-electron chi connectivity index (χ1n) is 6.35. The second-order valence-corrected chi connectivity index (χ2v) is 5.17. The first-order valence-corrected chi connectivity index (χ1v) is 6.73. The van der Waals surface area contributed by atoms with Gasteiger partial charge in [0, 0.05) is 0 Å². The van der Waals surface area contributed by atoms with Crippen LogP contribution in [0.1, 0.15) is 24.8 Å². The van der Waals surface area contributed by atoms with Gasteiger partial charge in [-0.15, -0.1) is 0 Å². The molecule has 17 heavy (non-hydrogen) atoms. The normalized spacial score (nSPS) is 17.1. The Bertz CT molecular complexity index is 361. The number of nitrogens with one attached hydrogen (secondary N) is 1. The van der Waals surface area contributed by atoms with E-state index in [9.17, 15) is 0 Å². The number of aryl methyl sites for hydroxylation is 1. The molecule has 0 saturated carbocycles. The van der Waals surface area contributed by atoms with Crippen molar-refractivity contribution >= 4 is 11.6 Å². The summed E-state index contributed by atoms with van der Waals surface area (Å²) in [6.45, 7) is 5.10. The molecule has 0 aromatic heterocycles. The van der Waals surface area contributed by atoms with E-state index in [4.69, 9.17) is 16.3 Å². The lowest BCUT2D eigenvalue weighted by atomic mass is 9.95. The van der Waals surface area contributed by atoms with Gasteiger partial charge in [-0.3, -0.25) is 0 Å². The lowest BCUT2D eigenvalue weighted by Gasteiger charge is -2.22. The fraction of sp³-hybridized carbons (Fsp3) is 0.571. The molecule has 1 heterocycles. The number of rotatable bonds is 4. The van der Waals surface area contributed by atoms with Gasteiger partial charge < -0.3 is 10.1 Å². The highest BCUT2D eigenvalue weighted by atomic mass is 35.5. The summed E-state index contributed by atoms with van der Waals surface area (Å²) in [6, 6.07) is 5.94. The molecule has 1 N–H and O–H groups in total. The summed E-state index contributed by atoms with van der Waals surface area (Å²) in [4.78, 5) is 0. The van der Waals surface area contributed by atoms with Crippen LogP contribution in [0.5, 0.6) is 5.75 Å². The lowest BCUT2D eigenvalue weighted by Crippen LogP contribution is -2.28. The number of benzene rings is 1. The third-order valence-electron chi connectivity index (χ3n) is 3.33. The molecule has 1 aliphatic rings. The first-order chi connectivity index (χ1) is 8.25. The van der Waals surface area contributed by atoms with Gasteiger partial charge in [0.2, 0.25) is 0 Å². The summed E-state index contributed by atoms with van der Waals surface area (Å²) in [7, 11) is 0. The first kappa shape index (κ1) is 12.7. The molecular weight excluding hydrogens is 234 g/mol. The second-order valence-electron chi connectivity index (χ2n) is 4.76. The number of piperidine rings is 1. The minimum Gasteiger partial charge on any atom is -0.492 e. The van der Waals surface area contributed by atoms with Crippen LogP contribution in [-0.2, 0) is 0 Å². The van der Waals surface area contributed by atoms with Crippen molar-refractivity contribution in [2.45, 2.75) is 26.2 Å². The van der Waals surface area contributed by atoms with Gasteiger partial charge in [0.15, 0.2) is 0 Å². The monoisotopic (exact) mass is 253 g/mol. The molecule has 0 amide bonds. The van der Waals surface area contributed by atoms with Gasteiger partial charge in [0.25, 0.3) is 0 Å². The van der Waals surface area contributed by atoms with E-state index < -0.39 is 0 Å². The Labute approximate surface area is 108 Å². The van der Waals surface area contributed by atoms with E-state index in [2.05, 4.69) is 5.32 Å². The van der Waals surface area contributed by atoms with Crippen LogP contribution in [-0.4, -0.2) is 19.7 Å². The molecule has 1 aromatic rings. The van der Waals surface area contributed by atoms with E-state index in [1.165, 1.54) is 18.4 Å². The van der Waals surface area contributed by atoms with Gasteiger partial charge in [0.05, 0.1) is 11.6 Å². The Kier molecular flexibility index (Phi) is 4.69. The van der Waals surface area contributed by atoms with E-state index >= 15 is 0 Å². The average molecular weight is 254 g/mol. The van der Waals surface area contributed by atoms with Crippen LogP contribution in [0.25, 0.3) is 0 Å². The zero-order chi connectivity index (χ0) is 12.1. The van der Waals surface area contributed by atoms with Crippen molar-refractivity contribution in [3.63, 3.8) is 0 Å². The summed E-state index contributed by atoms with van der Waals surface area (Å²) in [6.07, 6.45) is 3.67. The minimum absolute atomic E-state index is 0.718. The summed E-state index contributed by atoms with van der Waals surface area (Å²) >= 11 is 6.12. The van der Waals surface area contributed by atoms with Crippen molar-refractivity contribution < 1.29 is 4.74 Å². The smallest absolute Gasteiger partial charge is 0.137 e. The van der Waals surface area contributed by atoms with Crippen LogP contribution in [0.3, 0.4) is 0 Å². The Balaban J connectivity index is 1.77. The van der Waals surface area contributed by atoms with Crippen molar-refractivity contribution in [1.82, 2.24) is 5.32 Å². The van der Waals surface area contributed by atoms with E-state index in [0.29, 0.717) is 0 Å². The average Bonchev–Trinajstić information content (AvgIpc) is 2.33. The molecule has 1 aliphatic heterocycles. The minimum atomic E-state index is 0.718. The van der Waals surface area contributed by atoms with Gasteiger partial charge in [-0.2, -0.15) is 0 Å². The van der Waals surface area contributed by atoms with Crippen LogP contribution < -0.4 is 10.1 Å². The Morgan fingerprint density at radius 2 is 2.12 bits per heavy atom. The summed E-state index contributed by atoms with van der Waals surface area (Å²) in [5.74, 6) is 1.62. The molecule has 2 nitrogen and oxygen atoms in total. The molecule has 94 valence electrons. The Morgan fingerprint density at radius 1 is 1.35 bits per heavy atom. The van der Waals surface area contributed by atoms with Gasteiger partial charge in [-0.1, -0.05) is 17.7 Å². The predicted molar refractivity (Wildman–Crippen MR) is 71.9 cm³/mol. The molecule has 0 radical (unpaired) electrons. The zero-order valence-corrected chi connectivity index (χ0v) is 11.1. The fourth-order valence-corrected chi connectivity index (χ4v) is 2.52. The van der Waals surface area contributed by atoms with E-state index in [1.54, 1.807) is 0 Å². The molecule has 1 fully saturated rings. The standard InChI is InChI=1S/C14H20ClNO/c1-11-2-3-14(13(15)10-11)17-9-6-12-4-7-16-8-5-12/h2-3,10,12,16H,4-9H2,1H3. The number of hydrogen-bond donors (Lipinski definition) is 1. The Hall–Kier alpha value is -0.730. The second kappa shape index (κ2) is 6.27. The molecule has 1 saturated heterocycles. The maximum atomic E-state index is 6.12. The summed E-state index contributed by atoms with van der Waals surface area (Å²) in [5, 5.41) is 4.09. The van der Waals surface area contributed by atoms with E-state index in [1.807, 2.05) is 25.1 Å². The third kappa shape index (κ3) is 3.90. The number of hydrogen-bond acceptors (Lipinski definition) is 2. The highest BCUT2D eigenvalue weighted by Crippen LogP contribution is 2.26. The predicted octanol–water partition coefficient (Wildman–Crippen LogP) is 3.42. The lowest BCUT2D eigenvalue weighted by molar-refractivity contribution is 0.252. The van der Waals surface area contributed by atoms with Gasteiger partial charge in [0.1, 0.15) is 5.75 Å². The Morgan fingerprint density at radius 3 is 2.82 bits per heavy atom. The van der Waals surface area contributed by atoms with Crippen molar-refractivity contribution in [1.29, 1.82) is 0 Å². The molecule has 0 unspecified atom stereocenters. The fourth-order valence-electron chi connectivity index (χ4n) is 2.23. The van der Waals surface area contributed by atoms with Crippen LogP contribution in [0.2, 0.25) is 5.02 Å². The van der Waals surface area contributed by atoms with Crippen LogP contribution in [0.15, 0.2) is 18.2 Å². The van der Waals surface area contributed by atoms with Gasteiger partial charge in [-0.25, -0.2) is 0 Å².